The van der Waals surface area contributed by atoms with Gasteiger partial charge in [0.2, 0.25) is 50.4 Å². The minimum absolute atomic E-state index is 0.0148. The summed E-state index contributed by atoms with van der Waals surface area (Å²) in [5, 5.41) is 33.1. The number of benzene rings is 2. The molecule has 35 heavy (non-hydrogen) atoms. The smallest absolute Gasteiger partial charge is 0.240 e. The second kappa shape index (κ2) is 9.03. The number of hydrogen-bond acceptors (Lipinski definition) is 13. The van der Waals surface area contributed by atoms with Crippen LogP contribution in [0.1, 0.15) is 0 Å². The van der Waals surface area contributed by atoms with Crippen LogP contribution in [-0.2, 0) is 40.1 Å². The van der Waals surface area contributed by atoms with Gasteiger partial charge in [0, 0.05) is 0 Å². The van der Waals surface area contributed by atoms with E-state index in [4.69, 9.17) is 20.6 Å². The Morgan fingerprint density at radius 3 is 1.20 bits per heavy atom. The van der Waals surface area contributed by atoms with E-state index in [0.717, 1.165) is 47.7 Å². The van der Waals surface area contributed by atoms with E-state index in [1.54, 1.807) is 0 Å². The van der Waals surface area contributed by atoms with Gasteiger partial charge in [-0.2, -0.15) is 0 Å². The lowest BCUT2D eigenvalue weighted by molar-refractivity contribution is 0.592. The van der Waals surface area contributed by atoms with Gasteiger partial charge in [-0.25, -0.2) is 54.2 Å². The van der Waals surface area contributed by atoms with Crippen molar-refractivity contribution in [3.05, 3.63) is 36.4 Å². The maximum Gasteiger partial charge on any atom is 0.240 e. The average molecular weight is 585 g/mol. The van der Waals surface area contributed by atoms with Crippen LogP contribution in [0.5, 0.6) is 0 Å². The largest absolute Gasteiger partial charge is 0.329 e. The summed E-state index contributed by atoms with van der Waals surface area (Å²) in [6, 6.07) is 5.80. The molecule has 16 nitrogen and oxygen atoms in total. The first-order valence-corrected chi connectivity index (χ1v) is 15.6. The van der Waals surface area contributed by atoms with E-state index in [-0.39, 0.29) is 21.6 Å². The van der Waals surface area contributed by atoms with Crippen molar-refractivity contribution in [2.45, 2.75) is 19.6 Å². The molecule has 0 fully saturated rings. The van der Waals surface area contributed by atoms with Gasteiger partial charge < -0.3 is 10.6 Å². The van der Waals surface area contributed by atoms with Gasteiger partial charge in [-0.05, 0) is 36.4 Å². The fourth-order valence-electron chi connectivity index (χ4n) is 2.59. The third-order valence-corrected chi connectivity index (χ3v) is 8.56. The van der Waals surface area contributed by atoms with Gasteiger partial charge in [-0.1, -0.05) is 11.3 Å². The maximum atomic E-state index is 11.9. The van der Waals surface area contributed by atoms with Crippen molar-refractivity contribution in [1.82, 2.24) is 10.2 Å². The molecule has 0 amide bonds. The molecule has 0 saturated carbocycles. The lowest BCUT2D eigenvalue weighted by atomic mass is 10.3. The van der Waals surface area contributed by atoms with Crippen molar-refractivity contribution in [3.8, 4) is 0 Å². The van der Waals surface area contributed by atoms with Gasteiger partial charge >= 0.3 is 0 Å². The number of nitrogens with zero attached hydrogens (tertiary/aromatic N) is 2. The van der Waals surface area contributed by atoms with Gasteiger partial charge in [-0.15, -0.1) is 10.2 Å². The van der Waals surface area contributed by atoms with Crippen LogP contribution in [0.3, 0.4) is 0 Å². The number of primary sulfonamides is 4. The van der Waals surface area contributed by atoms with Crippen LogP contribution in [0, 0.1) is 0 Å². The van der Waals surface area contributed by atoms with Crippen molar-refractivity contribution in [2.24, 2.45) is 20.6 Å². The monoisotopic (exact) mass is 584 g/mol. The first-order valence-electron chi connectivity index (χ1n) is 8.62. The first-order chi connectivity index (χ1) is 15.9. The average Bonchev–Trinajstić information content (AvgIpc) is 3.12. The molecule has 1 heterocycles. The molecular weight excluding hydrogens is 569 g/mol. The van der Waals surface area contributed by atoms with Crippen LogP contribution < -0.4 is 31.2 Å². The van der Waals surface area contributed by atoms with Crippen molar-refractivity contribution >= 4 is 73.1 Å². The number of anilines is 4. The molecule has 3 aromatic rings. The third-order valence-electron chi connectivity index (χ3n) is 4.08. The summed E-state index contributed by atoms with van der Waals surface area (Å²) < 4.78 is 93.9. The lowest BCUT2D eigenvalue weighted by Gasteiger charge is -2.10. The van der Waals surface area contributed by atoms with Gasteiger partial charge in [0.05, 0.1) is 21.2 Å². The van der Waals surface area contributed by atoms with Crippen LogP contribution in [0.2, 0.25) is 0 Å². The molecule has 190 valence electrons. The van der Waals surface area contributed by atoms with Gasteiger partial charge in [-0.3, -0.25) is 0 Å². The highest BCUT2D eigenvalue weighted by molar-refractivity contribution is 7.90. The lowest BCUT2D eigenvalue weighted by Crippen LogP contribution is -2.17. The Labute approximate surface area is 203 Å². The molecule has 0 atom stereocenters. The standard InChI is InChI=1S/C14H16N8O8S5/c15-32(23,24)7-1-3-9(11(5-7)34(17,27)28)19-13-21-22-14(31-13)20-10-4-2-8(33(16,25)26)6-12(10)35(18,29)30/h1-6H,(H,19,21)(H,20,22)(H2,15,23,24)(H2,16,25,26)(H2,17,27,28)(H2,18,29,30). The van der Waals surface area contributed by atoms with Gasteiger partial charge in [0.1, 0.15) is 9.79 Å². The molecule has 0 aliphatic rings. The predicted octanol–water partition coefficient (Wildman–Crippen LogP) is -1.39. The third kappa shape index (κ3) is 6.47. The van der Waals surface area contributed by atoms with Gasteiger partial charge in [0.25, 0.3) is 0 Å². The highest BCUT2D eigenvalue weighted by atomic mass is 32.2. The van der Waals surface area contributed by atoms with Crippen LogP contribution in [0.15, 0.2) is 56.0 Å². The summed E-state index contributed by atoms with van der Waals surface area (Å²) in [5.74, 6) is 0. The summed E-state index contributed by atoms with van der Waals surface area (Å²) in [4.78, 5) is -2.18. The van der Waals surface area contributed by atoms with Crippen molar-refractivity contribution < 1.29 is 33.7 Å². The van der Waals surface area contributed by atoms with Crippen molar-refractivity contribution in [2.75, 3.05) is 10.6 Å². The highest BCUT2D eigenvalue weighted by Gasteiger charge is 2.22. The van der Waals surface area contributed by atoms with Gasteiger partial charge in [0.15, 0.2) is 0 Å². The molecule has 0 unspecified atom stereocenters. The normalized spacial score (nSPS) is 12.9. The number of rotatable bonds is 8. The first kappa shape index (κ1) is 26.8. The fourth-order valence-corrected chi connectivity index (χ4v) is 5.92. The maximum absolute atomic E-state index is 11.9. The van der Waals surface area contributed by atoms with E-state index in [0.29, 0.717) is 0 Å². The van der Waals surface area contributed by atoms with E-state index >= 15 is 0 Å². The summed E-state index contributed by atoms with van der Waals surface area (Å²) in [7, 11) is -17.2. The number of aromatic nitrogens is 2. The van der Waals surface area contributed by atoms with Crippen LogP contribution in [-0.4, -0.2) is 43.9 Å². The molecule has 1 aromatic heterocycles. The van der Waals surface area contributed by atoms with Crippen LogP contribution in [0.4, 0.5) is 21.6 Å². The zero-order valence-electron chi connectivity index (χ0n) is 17.0. The Hall–Kier alpha value is -2.76. The minimum Gasteiger partial charge on any atom is -0.329 e. The number of nitrogens with one attached hydrogen (secondary N) is 2. The van der Waals surface area contributed by atoms with E-state index in [1.165, 1.54) is 0 Å². The van der Waals surface area contributed by atoms with Crippen molar-refractivity contribution in [1.29, 1.82) is 0 Å². The van der Waals surface area contributed by atoms with E-state index in [2.05, 4.69) is 20.8 Å². The quantitative estimate of drug-likeness (QED) is 0.178. The molecule has 3 rings (SSSR count). The molecule has 0 spiro atoms. The SMILES string of the molecule is NS(=O)(=O)c1ccc(Nc2nnc(Nc3ccc(S(N)(=O)=O)cc3S(N)(=O)=O)s2)c(S(N)(=O)=O)c1. The molecule has 0 saturated heterocycles. The fraction of sp³-hybridized carbons (Fsp3) is 0. The van der Waals surface area contributed by atoms with Crippen LogP contribution in [0.25, 0.3) is 0 Å². The van der Waals surface area contributed by atoms with Crippen molar-refractivity contribution in [3.63, 3.8) is 0 Å². The molecule has 0 aliphatic carbocycles. The summed E-state index contributed by atoms with van der Waals surface area (Å²) >= 11 is 0.779. The Morgan fingerprint density at radius 1 is 0.571 bits per heavy atom. The zero-order chi connectivity index (χ0) is 26.4. The topological polar surface area (TPSA) is 290 Å². The molecule has 0 radical (unpaired) electrons. The second-order valence-electron chi connectivity index (χ2n) is 6.66. The second-order valence-corrected chi connectivity index (χ2v) is 13.8. The molecule has 10 N–H and O–H groups in total. The molecule has 2 aromatic carbocycles. The number of hydrogen-bond donors (Lipinski definition) is 6. The molecule has 21 heteroatoms. The molecule has 0 bridgehead atoms. The molecular formula is C14H16N8O8S5. The Bertz CT molecular complexity index is 1620. The van der Waals surface area contributed by atoms with E-state index in [1.807, 2.05) is 0 Å². The summed E-state index contributed by atoms with van der Waals surface area (Å²) in [6.07, 6.45) is 0. The van der Waals surface area contributed by atoms with E-state index in [9.17, 15) is 33.7 Å². The highest BCUT2D eigenvalue weighted by Crippen LogP contribution is 2.32. The minimum atomic E-state index is -4.40. The number of nitrogens with two attached hydrogens (primary N) is 4. The Morgan fingerprint density at radius 2 is 0.914 bits per heavy atom. The molecule has 0 aliphatic heterocycles. The van der Waals surface area contributed by atoms with Crippen LogP contribution >= 0.6 is 11.3 Å². The van der Waals surface area contributed by atoms with E-state index < -0.39 is 59.7 Å². The Balaban J connectivity index is 1.96. The summed E-state index contributed by atoms with van der Waals surface area (Å²) in [6.45, 7) is 0. The predicted molar refractivity (Wildman–Crippen MR) is 125 cm³/mol. The zero-order valence-corrected chi connectivity index (χ0v) is 21.1. The number of sulfonamides is 4. The Kier molecular flexibility index (Phi) is 6.93. The summed E-state index contributed by atoms with van der Waals surface area (Å²) in [5.41, 5.74) is -0.296.